The molecule has 3 rings (SSSR count). The summed E-state index contributed by atoms with van der Waals surface area (Å²) in [6.45, 7) is 4.65. The minimum Gasteiger partial charge on any atom is -0.496 e. The topological polar surface area (TPSA) is 87.7 Å². The van der Waals surface area contributed by atoms with Crippen molar-refractivity contribution in [3.63, 3.8) is 0 Å². The molecule has 0 aliphatic carbocycles. The van der Waals surface area contributed by atoms with Crippen molar-refractivity contribution in [3.05, 3.63) is 53.6 Å². The Hall–Kier alpha value is -3.35. The average Bonchev–Trinajstić information content (AvgIpc) is 2.76. The van der Waals surface area contributed by atoms with Crippen LogP contribution >= 0.6 is 0 Å². The van der Waals surface area contributed by atoms with Crippen LogP contribution < -0.4 is 20.3 Å². The molecule has 0 aromatic heterocycles. The number of aryl methyl sites for hydroxylation is 1. The number of para-hydroxylation sites is 1. The van der Waals surface area contributed by atoms with Crippen LogP contribution in [0.1, 0.15) is 31.4 Å². The lowest BCUT2D eigenvalue weighted by molar-refractivity contribution is -0.136. The molecule has 3 amide bonds. The molecule has 2 aromatic carbocycles. The fourth-order valence-electron chi connectivity index (χ4n) is 3.51. The highest BCUT2D eigenvalue weighted by atomic mass is 16.5. The summed E-state index contributed by atoms with van der Waals surface area (Å²) in [4.78, 5) is 38.7. The van der Waals surface area contributed by atoms with Gasteiger partial charge in [0.15, 0.2) is 0 Å². The molecule has 7 heteroatoms. The summed E-state index contributed by atoms with van der Waals surface area (Å²) in [5.41, 5.74) is 3.18. The van der Waals surface area contributed by atoms with E-state index in [9.17, 15) is 14.4 Å². The molecule has 2 aromatic rings. The molecule has 0 saturated heterocycles. The molecule has 1 heterocycles. The zero-order valence-electron chi connectivity index (χ0n) is 17.5. The molecule has 2 N–H and O–H groups in total. The van der Waals surface area contributed by atoms with Crippen LogP contribution in [0, 0.1) is 5.92 Å². The van der Waals surface area contributed by atoms with Crippen LogP contribution in [0.2, 0.25) is 0 Å². The first-order chi connectivity index (χ1) is 14.4. The number of nitrogens with zero attached hydrogens (tertiary/aromatic N) is 1. The van der Waals surface area contributed by atoms with Crippen molar-refractivity contribution in [1.29, 1.82) is 0 Å². The van der Waals surface area contributed by atoms with Crippen LogP contribution in [-0.4, -0.2) is 31.4 Å². The lowest BCUT2D eigenvalue weighted by Crippen LogP contribution is -2.38. The molecule has 0 saturated carbocycles. The van der Waals surface area contributed by atoms with Gasteiger partial charge in [-0.1, -0.05) is 32.0 Å². The first-order valence-corrected chi connectivity index (χ1v) is 10.1. The number of rotatable bonds is 5. The molecule has 0 atom stereocenters. The van der Waals surface area contributed by atoms with Crippen molar-refractivity contribution < 1.29 is 19.1 Å². The minimum absolute atomic E-state index is 0.0812. The van der Waals surface area contributed by atoms with Crippen molar-refractivity contribution in [2.45, 2.75) is 33.2 Å². The Kier molecular flexibility index (Phi) is 6.72. The highest BCUT2D eigenvalue weighted by Gasteiger charge is 2.25. The lowest BCUT2D eigenvalue weighted by Gasteiger charge is -2.31. The summed E-state index contributed by atoms with van der Waals surface area (Å²) in [5.74, 6) is -0.815. The number of carbonyl (C=O) groups excluding carboxylic acids is 3. The van der Waals surface area contributed by atoms with Crippen LogP contribution in [0.5, 0.6) is 5.75 Å². The normalized spacial score (nSPS) is 12.9. The second-order valence-electron chi connectivity index (χ2n) is 7.54. The fraction of sp³-hybridized carbons (Fsp3) is 0.348. The van der Waals surface area contributed by atoms with Gasteiger partial charge < -0.3 is 20.3 Å². The summed E-state index contributed by atoms with van der Waals surface area (Å²) >= 11 is 0. The van der Waals surface area contributed by atoms with E-state index in [0.717, 1.165) is 29.7 Å². The van der Waals surface area contributed by atoms with E-state index in [4.69, 9.17) is 4.74 Å². The van der Waals surface area contributed by atoms with E-state index in [0.29, 0.717) is 18.0 Å². The van der Waals surface area contributed by atoms with E-state index in [-0.39, 0.29) is 18.4 Å². The summed E-state index contributed by atoms with van der Waals surface area (Å²) in [6, 6.07) is 12.7. The van der Waals surface area contributed by atoms with Crippen molar-refractivity contribution in [3.8, 4) is 5.75 Å². The fourth-order valence-corrected chi connectivity index (χ4v) is 3.51. The summed E-state index contributed by atoms with van der Waals surface area (Å²) in [5, 5.41) is 5.24. The highest BCUT2D eigenvalue weighted by molar-refractivity contribution is 6.39. The molecule has 0 spiro atoms. The number of amides is 3. The van der Waals surface area contributed by atoms with Crippen molar-refractivity contribution in [2.75, 3.05) is 23.9 Å². The van der Waals surface area contributed by atoms with Gasteiger partial charge in [-0.05, 0) is 42.7 Å². The van der Waals surface area contributed by atoms with Gasteiger partial charge >= 0.3 is 11.8 Å². The summed E-state index contributed by atoms with van der Waals surface area (Å²) in [6.07, 6.45) is 1.68. The Bertz CT molecular complexity index is 955. The van der Waals surface area contributed by atoms with Gasteiger partial charge in [-0.25, -0.2) is 0 Å². The Morgan fingerprint density at radius 3 is 2.60 bits per heavy atom. The number of nitrogens with one attached hydrogen (secondary N) is 2. The first kappa shape index (κ1) is 21.4. The quantitative estimate of drug-likeness (QED) is 0.744. The SMILES string of the molecule is COc1ccccc1CNC(=O)C(=O)Nc1ccc2c(c1)CCCN2C(=O)C(C)C. The van der Waals surface area contributed by atoms with Crippen LogP contribution in [0.25, 0.3) is 0 Å². The van der Waals surface area contributed by atoms with Crippen LogP contribution in [0.3, 0.4) is 0 Å². The van der Waals surface area contributed by atoms with Crippen LogP contribution in [0.4, 0.5) is 11.4 Å². The lowest BCUT2D eigenvalue weighted by atomic mass is 9.99. The number of hydrogen-bond donors (Lipinski definition) is 2. The first-order valence-electron chi connectivity index (χ1n) is 10.1. The van der Waals surface area contributed by atoms with Crippen LogP contribution in [-0.2, 0) is 27.3 Å². The number of anilines is 2. The monoisotopic (exact) mass is 409 g/mol. The maximum atomic E-state index is 12.4. The Morgan fingerprint density at radius 2 is 1.87 bits per heavy atom. The highest BCUT2D eigenvalue weighted by Crippen LogP contribution is 2.30. The van der Waals surface area contributed by atoms with Gasteiger partial charge in [0.1, 0.15) is 5.75 Å². The van der Waals surface area contributed by atoms with Gasteiger partial charge in [0.05, 0.1) is 7.11 Å². The molecule has 158 valence electrons. The Morgan fingerprint density at radius 1 is 1.10 bits per heavy atom. The largest absolute Gasteiger partial charge is 0.496 e. The van der Waals surface area contributed by atoms with Gasteiger partial charge in [-0.3, -0.25) is 14.4 Å². The number of hydrogen-bond acceptors (Lipinski definition) is 4. The third kappa shape index (κ3) is 4.79. The number of fused-ring (bicyclic) bond motifs is 1. The molecule has 30 heavy (non-hydrogen) atoms. The average molecular weight is 409 g/mol. The molecule has 0 radical (unpaired) electrons. The van der Waals surface area contributed by atoms with E-state index in [1.165, 1.54) is 0 Å². The predicted octanol–water partition coefficient (Wildman–Crippen LogP) is 2.89. The second kappa shape index (κ2) is 9.43. The molecule has 0 unspecified atom stereocenters. The zero-order valence-corrected chi connectivity index (χ0v) is 17.5. The Labute approximate surface area is 176 Å². The zero-order chi connectivity index (χ0) is 21.7. The number of benzene rings is 2. The van der Waals surface area contributed by atoms with Crippen molar-refractivity contribution >= 4 is 29.1 Å². The third-order valence-corrected chi connectivity index (χ3v) is 5.05. The standard InChI is InChI=1S/C23H27N3O4/c1-15(2)23(29)26-12-6-8-16-13-18(10-11-19(16)26)25-22(28)21(27)24-14-17-7-4-5-9-20(17)30-3/h4-5,7,9-11,13,15H,6,8,12,14H2,1-3H3,(H,24,27)(H,25,28). The summed E-state index contributed by atoms with van der Waals surface area (Å²) in [7, 11) is 1.55. The van der Waals surface area contributed by atoms with Gasteiger partial charge in [0, 0.05) is 35.9 Å². The minimum atomic E-state index is -0.740. The van der Waals surface area contributed by atoms with E-state index in [1.807, 2.05) is 44.2 Å². The summed E-state index contributed by atoms with van der Waals surface area (Å²) < 4.78 is 5.25. The molecular weight excluding hydrogens is 382 g/mol. The van der Waals surface area contributed by atoms with E-state index < -0.39 is 11.8 Å². The Balaban J connectivity index is 1.64. The van der Waals surface area contributed by atoms with E-state index >= 15 is 0 Å². The number of ether oxygens (including phenoxy) is 1. The van der Waals surface area contributed by atoms with Crippen molar-refractivity contribution in [1.82, 2.24) is 5.32 Å². The van der Waals surface area contributed by atoms with E-state index in [2.05, 4.69) is 10.6 Å². The number of methoxy groups -OCH3 is 1. The van der Waals surface area contributed by atoms with Gasteiger partial charge in [-0.15, -0.1) is 0 Å². The smallest absolute Gasteiger partial charge is 0.313 e. The molecule has 1 aliphatic rings. The number of carbonyl (C=O) groups is 3. The van der Waals surface area contributed by atoms with E-state index in [1.54, 1.807) is 24.1 Å². The maximum Gasteiger partial charge on any atom is 0.313 e. The second-order valence-corrected chi connectivity index (χ2v) is 7.54. The maximum absolute atomic E-state index is 12.4. The van der Waals surface area contributed by atoms with Gasteiger partial charge in [0.25, 0.3) is 0 Å². The van der Waals surface area contributed by atoms with Gasteiger partial charge in [-0.2, -0.15) is 0 Å². The molecular formula is C23H27N3O4. The molecule has 1 aliphatic heterocycles. The van der Waals surface area contributed by atoms with Crippen LogP contribution in [0.15, 0.2) is 42.5 Å². The third-order valence-electron chi connectivity index (χ3n) is 5.05. The molecule has 7 nitrogen and oxygen atoms in total. The molecule has 0 bridgehead atoms. The van der Waals surface area contributed by atoms with Gasteiger partial charge in [0.2, 0.25) is 5.91 Å². The predicted molar refractivity (Wildman–Crippen MR) is 115 cm³/mol. The van der Waals surface area contributed by atoms with Crippen molar-refractivity contribution in [2.24, 2.45) is 5.92 Å². The molecule has 0 fully saturated rings.